The maximum absolute atomic E-state index is 11.9. The molecule has 2 N–H and O–H groups in total. The van der Waals surface area contributed by atoms with Gasteiger partial charge in [0.2, 0.25) is 0 Å². The number of pyridine rings is 1. The predicted molar refractivity (Wildman–Crippen MR) is 76.7 cm³/mol. The summed E-state index contributed by atoms with van der Waals surface area (Å²) >= 11 is 11.6. The Labute approximate surface area is 123 Å². The second-order valence-corrected chi connectivity index (χ2v) is 6.39. The summed E-state index contributed by atoms with van der Waals surface area (Å²) in [4.78, 5) is 15.7. The van der Waals surface area contributed by atoms with Crippen LogP contribution in [0.5, 0.6) is 0 Å². The Kier molecular flexibility index (Phi) is 5.59. The Hall–Kier alpha value is -0.840. The van der Waals surface area contributed by atoms with E-state index < -0.39 is 12.0 Å². The molecular formula is C13H18Cl2N2O2. The molecule has 0 aliphatic carbocycles. The smallest absolute Gasteiger partial charge is 0.271 e. The molecule has 1 unspecified atom stereocenters. The van der Waals surface area contributed by atoms with Crippen LogP contribution in [0.3, 0.4) is 0 Å². The van der Waals surface area contributed by atoms with Gasteiger partial charge in [0.25, 0.3) is 5.91 Å². The molecule has 0 saturated heterocycles. The van der Waals surface area contributed by atoms with Crippen molar-refractivity contribution in [2.24, 2.45) is 5.41 Å². The number of aromatic nitrogens is 1. The number of amides is 1. The average Bonchev–Trinajstić information content (AvgIpc) is 2.27. The molecule has 106 valence electrons. The number of carbonyl (C=O) groups is 1. The summed E-state index contributed by atoms with van der Waals surface area (Å²) < 4.78 is 0. The van der Waals surface area contributed by atoms with Gasteiger partial charge in [-0.2, -0.15) is 0 Å². The summed E-state index contributed by atoms with van der Waals surface area (Å²) in [6.07, 6.45) is -0.0221. The van der Waals surface area contributed by atoms with E-state index in [1.165, 1.54) is 12.1 Å². The van der Waals surface area contributed by atoms with Crippen molar-refractivity contribution in [3.63, 3.8) is 0 Å². The van der Waals surface area contributed by atoms with Crippen LogP contribution >= 0.6 is 23.2 Å². The van der Waals surface area contributed by atoms with Gasteiger partial charge in [0.05, 0.1) is 11.1 Å². The molecule has 0 aromatic carbocycles. The standard InChI is InChI=1S/C13H18Cl2N2O2/c1-13(2,3)6-8(18)7-16-12(19)11-9(14)4-5-10(15)17-11/h4-5,8,18H,6-7H2,1-3H3,(H,16,19). The van der Waals surface area contributed by atoms with Gasteiger partial charge in [-0.25, -0.2) is 4.98 Å². The lowest BCUT2D eigenvalue weighted by molar-refractivity contribution is 0.0864. The van der Waals surface area contributed by atoms with Gasteiger partial charge in [0.15, 0.2) is 0 Å². The largest absolute Gasteiger partial charge is 0.391 e. The highest BCUT2D eigenvalue weighted by atomic mass is 35.5. The van der Waals surface area contributed by atoms with E-state index in [0.717, 1.165) is 0 Å². The summed E-state index contributed by atoms with van der Waals surface area (Å²) in [6, 6.07) is 3.02. The van der Waals surface area contributed by atoms with E-state index in [0.29, 0.717) is 6.42 Å². The van der Waals surface area contributed by atoms with Crippen LogP contribution in [-0.2, 0) is 0 Å². The van der Waals surface area contributed by atoms with Crippen LogP contribution in [0, 0.1) is 5.41 Å². The van der Waals surface area contributed by atoms with Crippen LogP contribution < -0.4 is 5.32 Å². The van der Waals surface area contributed by atoms with Crippen molar-refractivity contribution in [1.29, 1.82) is 0 Å². The second kappa shape index (κ2) is 6.55. The fraction of sp³-hybridized carbons (Fsp3) is 0.538. The highest BCUT2D eigenvalue weighted by Gasteiger charge is 2.18. The van der Waals surface area contributed by atoms with Gasteiger partial charge in [-0.05, 0) is 24.0 Å². The third-order valence-corrected chi connectivity index (χ3v) is 2.89. The molecule has 19 heavy (non-hydrogen) atoms. The molecule has 0 saturated carbocycles. The van der Waals surface area contributed by atoms with Crippen molar-refractivity contribution in [1.82, 2.24) is 10.3 Å². The van der Waals surface area contributed by atoms with Gasteiger partial charge >= 0.3 is 0 Å². The third-order valence-electron chi connectivity index (χ3n) is 2.37. The van der Waals surface area contributed by atoms with Crippen molar-refractivity contribution in [2.75, 3.05) is 6.54 Å². The SMILES string of the molecule is CC(C)(C)CC(O)CNC(=O)c1nc(Cl)ccc1Cl. The molecule has 0 aliphatic rings. The van der Waals surface area contributed by atoms with E-state index in [-0.39, 0.29) is 27.8 Å². The van der Waals surface area contributed by atoms with Crippen molar-refractivity contribution in [3.05, 3.63) is 28.0 Å². The first-order chi connectivity index (χ1) is 8.69. The number of halogens is 2. The number of hydrogen-bond acceptors (Lipinski definition) is 3. The Morgan fingerprint density at radius 1 is 1.42 bits per heavy atom. The molecule has 1 atom stereocenters. The zero-order valence-corrected chi connectivity index (χ0v) is 12.7. The molecule has 0 aliphatic heterocycles. The molecule has 0 bridgehead atoms. The zero-order chi connectivity index (χ0) is 14.6. The topological polar surface area (TPSA) is 62.2 Å². The number of nitrogens with one attached hydrogen (secondary N) is 1. The van der Waals surface area contributed by atoms with Crippen molar-refractivity contribution >= 4 is 29.1 Å². The molecule has 1 heterocycles. The lowest BCUT2D eigenvalue weighted by Crippen LogP contribution is -2.34. The monoisotopic (exact) mass is 304 g/mol. The number of carbonyl (C=O) groups excluding carboxylic acids is 1. The zero-order valence-electron chi connectivity index (χ0n) is 11.2. The van der Waals surface area contributed by atoms with Gasteiger partial charge in [0, 0.05) is 6.54 Å². The third kappa shape index (κ3) is 5.76. The molecule has 4 nitrogen and oxygen atoms in total. The summed E-state index contributed by atoms with van der Waals surface area (Å²) in [6.45, 7) is 6.22. The van der Waals surface area contributed by atoms with Crippen LogP contribution in [-0.4, -0.2) is 28.6 Å². The maximum atomic E-state index is 11.9. The van der Waals surface area contributed by atoms with Crippen LogP contribution in [0.25, 0.3) is 0 Å². The molecule has 6 heteroatoms. The number of aliphatic hydroxyl groups excluding tert-OH is 1. The second-order valence-electron chi connectivity index (χ2n) is 5.59. The van der Waals surface area contributed by atoms with Gasteiger partial charge < -0.3 is 10.4 Å². The van der Waals surface area contributed by atoms with E-state index in [2.05, 4.69) is 10.3 Å². The molecule has 1 aromatic heterocycles. The molecule has 1 aromatic rings. The highest BCUT2D eigenvalue weighted by molar-refractivity contribution is 6.34. The fourth-order valence-electron chi connectivity index (χ4n) is 1.65. The van der Waals surface area contributed by atoms with Crippen molar-refractivity contribution < 1.29 is 9.90 Å². The van der Waals surface area contributed by atoms with E-state index in [1.807, 2.05) is 20.8 Å². The minimum absolute atomic E-state index is 0.00387. The van der Waals surface area contributed by atoms with Crippen LogP contribution in [0.2, 0.25) is 10.2 Å². The first-order valence-electron chi connectivity index (χ1n) is 5.97. The van der Waals surface area contributed by atoms with E-state index >= 15 is 0 Å². The summed E-state index contributed by atoms with van der Waals surface area (Å²) in [7, 11) is 0. The molecule has 1 amide bonds. The number of aliphatic hydroxyl groups is 1. The Balaban J connectivity index is 2.58. The van der Waals surface area contributed by atoms with Crippen molar-refractivity contribution in [3.8, 4) is 0 Å². The number of rotatable bonds is 4. The number of nitrogens with zero attached hydrogens (tertiary/aromatic N) is 1. The fourth-order valence-corrected chi connectivity index (χ4v) is 1.99. The van der Waals surface area contributed by atoms with Crippen LogP contribution in [0.4, 0.5) is 0 Å². The lowest BCUT2D eigenvalue weighted by atomic mass is 9.89. The predicted octanol–water partition coefficient (Wildman–Crippen LogP) is 2.92. The van der Waals surface area contributed by atoms with E-state index in [1.54, 1.807) is 0 Å². The number of hydrogen-bond donors (Lipinski definition) is 2. The van der Waals surface area contributed by atoms with E-state index in [4.69, 9.17) is 23.2 Å². The van der Waals surface area contributed by atoms with Gasteiger partial charge in [0.1, 0.15) is 10.8 Å². The Bertz CT molecular complexity index is 458. The highest BCUT2D eigenvalue weighted by Crippen LogP contribution is 2.20. The maximum Gasteiger partial charge on any atom is 0.271 e. The van der Waals surface area contributed by atoms with E-state index in [9.17, 15) is 9.90 Å². The summed E-state index contributed by atoms with van der Waals surface area (Å²) in [5.41, 5.74) is 0.0629. The first kappa shape index (κ1) is 16.2. The molecule has 1 rings (SSSR count). The lowest BCUT2D eigenvalue weighted by Gasteiger charge is -2.22. The minimum Gasteiger partial charge on any atom is -0.391 e. The van der Waals surface area contributed by atoms with Gasteiger partial charge in [-0.3, -0.25) is 4.79 Å². The van der Waals surface area contributed by atoms with Crippen LogP contribution in [0.15, 0.2) is 12.1 Å². The Morgan fingerprint density at radius 3 is 2.63 bits per heavy atom. The van der Waals surface area contributed by atoms with Gasteiger partial charge in [-0.15, -0.1) is 0 Å². The quantitative estimate of drug-likeness (QED) is 0.841. The molecule has 0 radical (unpaired) electrons. The Morgan fingerprint density at radius 2 is 2.05 bits per heavy atom. The van der Waals surface area contributed by atoms with Crippen molar-refractivity contribution in [2.45, 2.75) is 33.3 Å². The summed E-state index contributed by atoms with van der Waals surface area (Å²) in [5.74, 6) is -0.444. The van der Waals surface area contributed by atoms with Gasteiger partial charge in [-0.1, -0.05) is 44.0 Å². The minimum atomic E-state index is -0.609. The molecular weight excluding hydrogens is 287 g/mol. The normalized spacial score (nSPS) is 13.2. The summed E-state index contributed by atoms with van der Waals surface area (Å²) in [5, 5.41) is 12.8. The molecule has 0 spiro atoms. The molecule has 0 fully saturated rings. The average molecular weight is 305 g/mol. The first-order valence-corrected chi connectivity index (χ1v) is 6.73. The van der Waals surface area contributed by atoms with Crippen LogP contribution in [0.1, 0.15) is 37.7 Å².